The lowest BCUT2D eigenvalue weighted by Crippen LogP contribution is -2.29. The second kappa shape index (κ2) is 4.40. The number of rotatable bonds is 4. The van der Waals surface area contributed by atoms with Gasteiger partial charge in [-0.25, -0.2) is 4.79 Å². The first-order chi connectivity index (χ1) is 7.25. The first-order valence-electron chi connectivity index (χ1n) is 4.27. The third-order valence-corrected chi connectivity index (χ3v) is 4.39. The molecule has 8 heteroatoms. The summed E-state index contributed by atoms with van der Waals surface area (Å²) in [5.74, 6) is -1.14. The Bertz CT molecular complexity index is 504. The van der Waals surface area contributed by atoms with Gasteiger partial charge in [-0.15, -0.1) is 11.3 Å². The first kappa shape index (κ1) is 12.9. The highest BCUT2D eigenvalue weighted by Gasteiger charge is 2.21. The van der Waals surface area contributed by atoms with Crippen LogP contribution in [0.15, 0.2) is 5.38 Å². The number of thiophene rings is 1. The molecule has 1 aromatic rings. The van der Waals surface area contributed by atoms with Crippen LogP contribution in [-0.2, 0) is 10.2 Å². The zero-order valence-electron chi connectivity index (χ0n) is 9.01. The van der Waals surface area contributed by atoms with Gasteiger partial charge < -0.3 is 5.11 Å². The molecule has 1 rings (SSSR count). The van der Waals surface area contributed by atoms with Crippen molar-refractivity contribution in [1.29, 1.82) is 0 Å². The average molecular weight is 264 g/mol. The molecule has 16 heavy (non-hydrogen) atoms. The number of nitrogens with zero attached hydrogens (tertiary/aromatic N) is 1. The van der Waals surface area contributed by atoms with Gasteiger partial charge in [0.1, 0.15) is 4.88 Å². The van der Waals surface area contributed by atoms with Crippen molar-refractivity contribution in [3.05, 3.63) is 15.8 Å². The number of aryl methyl sites for hydroxylation is 1. The van der Waals surface area contributed by atoms with Gasteiger partial charge in [0.05, 0.1) is 5.69 Å². The van der Waals surface area contributed by atoms with E-state index < -0.39 is 16.2 Å². The summed E-state index contributed by atoms with van der Waals surface area (Å²) in [6.07, 6.45) is 0. The minimum absolute atomic E-state index is 0.0112. The minimum atomic E-state index is -3.67. The lowest BCUT2D eigenvalue weighted by atomic mass is 10.3. The highest BCUT2D eigenvalue weighted by molar-refractivity contribution is 7.90. The molecule has 0 spiro atoms. The van der Waals surface area contributed by atoms with Crippen LogP contribution in [0.5, 0.6) is 0 Å². The maximum Gasteiger partial charge on any atom is 0.348 e. The molecule has 0 aliphatic carbocycles. The van der Waals surface area contributed by atoms with Crippen molar-refractivity contribution < 1.29 is 18.3 Å². The Morgan fingerprint density at radius 1 is 1.50 bits per heavy atom. The molecule has 0 radical (unpaired) electrons. The Morgan fingerprint density at radius 2 is 2.06 bits per heavy atom. The number of hydrogen-bond donors (Lipinski definition) is 2. The molecule has 0 saturated carbocycles. The molecule has 0 aliphatic heterocycles. The molecule has 0 aliphatic rings. The predicted octanol–water partition coefficient (Wildman–Crippen LogP) is 0.973. The third kappa shape index (κ3) is 2.52. The Morgan fingerprint density at radius 3 is 2.50 bits per heavy atom. The fraction of sp³-hybridized carbons (Fsp3) is 0.375. The fourth-order valence-corrected chi connectivity index (χ4v) is 2.56. The lowest BCUT2D eigenvalue weighted by Gasteiger charge is -2.13. The van der Waals surface area contributed by atoms with E-state index in [0.29, 0.717) is 5.56 Å². The third-order valence-electron chi connectivity index (χ3n) is 1.88. The summed E-state index contributed by atoms with van der Waals surface area (Å²) in [5, 5.41) is 10.5. The monoisotopic (exact) mass is 264 g/mol. The first-order valence-corrected chi connectivity index (χ1v) is 6.59. The molecular formula is C8H12N2O4S2. The molecular weight excluding hydrogens is 252 g/mol. The summed E-state index contributed by atoms with van der Waals surface area (Å²) in [6, 6.07) is 0. The smallest absolute Gasteiger partial charge is 0.348 e. The standard InChI is InChI=1S/C8H12N2O4S2/c1-5-4-15-7(8(11)12)6(5)9-16(13,14)10(2)3/h4,9H,1-3H3,(H,11,12). The normalized spacial score (nSPS) is 11.8. The van der Waals surface area contributed by atoms with Crippen LogP contribution >= 0.6 is 11.3 Å². The molecule has 2 N–H and O–H groups in total. The maximum absolute atomic E-state index is 11.6. The van der Waals surface area contributed by atoms with Gasteiger partial charge in [0.25, 0.3) is 0 Å². The van der Waals surface area contributed by atoms with E-state index in [1.54, 1.807) is 12.3 Å². The number of carboxylic acid groups (broad SMARTS) is 1. The highest BCUT2D eigenvalue weighted by Crippen LogP contribution is 2.28. The van der Waals surface area contributed by atoms with Crippen molar-refractivity contribution in [3.63, 3.8) is 0 Å². The molecule has 0 bridgehead atoms. The Labute approximate surface area is 97.7 Å². The van der Waals surface area contributed by atoms with E-state index in [1.807, 2.05) is 0 Å². The Kier molecular flexibility index (Phi) is 3.56. The summed E-state index contributed by atoms with van der Waals surface area (Å²) in [7, 11) is -0.942. The molecule has 0 fully saturated rings. The maximum atomic E-state index is 11.6. The summed E-state index contributed by atoms with van der Waals surface area (Å²) >= 11 is 0.992. The molecule has 0 atom stereocenters. The van der Waals surface area contributed by atoms with Gasteiger partial charge in [0.15, 0.2) is 0 Å². The number of hydrogen-bond acceptors (Lipinski definition) is 4. The van der Waals surface area contributed by atoms with Gasteiger partial charge >= 0.3 is 16.2 Å². The number of aromatic carboxylic acids is 1. The molecule has 0 saturated heterocycles. The molecule has 0 unspecified atom stereocenters. The number of carbonyl (C=O) groups is 1. The van der Waals surface area contributed by atoms with Crippen LogP contribution in [0.2, 0.25) is 0 Å². The number of anilines is 1. The molecule has 1 aromatic heterocycles. The molecule has 0 aromatic carbocycles. The average Bonchev–Trinajstić information content (AvgIpc) is 2.47. The van der Waals surface area contributed by atoms with E-state index >= 15 is 0 Å². The van der Waals surface area contributed by atoms with Gasteiger partial charge in [-0.2, -0.15) is 12.7 Å². The van der Waals surface area contributed by atoms with Crippen LogP contribution in [0.25, 0.3) is 0 Å². The lowest BCUT2D eigenvalue weighted by molar-refractivity contribution is 0.0703. The molecule has 6 nitrogen and oxygen atoms in total. The second-order valence-electron chi connectivity index (χ2n) is 3.32. The summed E-state index contributed by atoms with van der Waals surface area (Å²) in [4.78, 5) is 10.8. The number of nitrogens with one attached hydrogen (secondary N) is 1. The van der Waals surface area contributed by atoms with Gasteiger partial charge in [0.2, 0.25) is 0 Å². The van der Waals surface area contributed by atoms with Crippen molar-refractivity contribution >= 4 is 33.2 Å². The predicted molar refractivity (Wildman–Crippen MR) is 62.2 cm³/mol. The quantitative estimate of drug-likeness (QED) is 0.848. The number of carboxylic acids is 1. The van der Waals surface area contributed by atoms with E-state index in [9.17, 15) is 13.2 Å². The van der Waals surface area contributed by atoms with Gasteiger partial charge in [-0.05, 0) is 17.9 Å². The van der Waals surface area contributed by atoms with Crippen LogP contribution in [0, 0.1) is 6.92 Å². The van der Waals surface area contributed by atoms with Crippen LogP contribution in [0.3, 0.4) is 0 Å². The Balaban J connectivity index is 3.16. The van der Waals surface area contributed by atoms with E-state index in [2.05, 4.69) is 4.72 Å². The van der Waals surface area contributed by atoms with Crippen molar-refractivity contribution in [2.24, 2.45) is 0 Å². The van der Waals surface area contributed by atoms with Gasteiger partial charge in [0, 0.05) is 14.1 Å². The summed E-state index contributed by atoms with van der Waals surface area (Å²) in [5.41, 5.74) is 0.721. The Hall–Kier alpha value is -1.12. The van der Waals surface area contributed by atoms with Crippen LogP contribution in [0.1, 0.15) is 15.2 Å². The summed E-state index contributed by atoms with van der Waals surface area (Å²) in [6.45, 7) is 1.65. The van der Waals surface area contributed by atoms with Crippen molar-refractivity contribution in [2.45, 2.75) is 6.92 Å². The van der Waals surface area contributed by atoms with E-state index in [-0.39, 0.29) is 10.6 Å². The van der Waals surface area contributed by atoms with E-state index in [0.717, 1.165) is 15.6 Å². The van der Waals surface area contributed by atoms with Gasteiger partial charge in [-0.3, -0.25) is 4.72 Å². The van der Waals surface area contributed by atoms with E-state index in [4.69, 9.17) is 5.11 Å². The molecule has 1 heterocycles. The van der Waals surface area contributed by atoms with E-state index in [1.165, 1.54) is 14.1 Å². The van der Waals surface area contributed by atoms with Crippen molar-refractivity contribution in [1.82, 2.24) is 4.31 Å². The van der Waals surface area contributed by atoms with Crippen LogP contribution in [-0.4, -0.2) is 37.9 Å². The fourth-order valence-electron chi connectivity index (χ4n) is 0.949. The second-order valence-corrected chi connectivity index (χ2v) is 6.08. The van der Waals surface area contributed by atoms with Crippen LogP contribution < -0.4 is 4.72 Å². The largest absolute Gasteiger partial charge is 0.477 e. The topological polar surface area (TPSA) is 86.7 Å². The minimum Gasteiger partial charge on any atom is -0.477 e. The molecule has 0 amide bonds. The van der Waals surface area contributed by atoms with Crippen molar-refractivity contribution in [3.8, 4) is 0 Å². The SMILES string of the molecule is Cc1csc(C(=O)O)c1NS(=O)(=O)N(C)C. The van der Waals surface area contributed by atoms with Crippen LogP contribution in [0.4, 0.5) is 5.69 Å². The highest BCUT2D eigenvalue weighted by atomic mass is 32.2. The van der Waals surface area contributed by atoms with Gasteiger partial charge in [-0.1, -0.05) is 0 Å². The van der Waals surface area contributed by atoms with Crippen molar-refractivity contribution in [2.75, 3.05) is 18.8 Å². The zero-order valence-corrected chi connectivity index (χ0v) is 10.6. The zero-order chi connectivity index (χ0) is 12.5. The molecule has 90 valence electrons. The summed E-state index contributed by atoms with van der Waals surface area (Å²) < 4.78 is 26.3.